The summed E-state index contributed by atoms with van der Waals surface area (Å²) < 4.78 is 25.2. The molecule has 1 saturated carbocycles. The molecule has 160 valence electrons. The van der Waals surface area contributed by atoms with Gasteiger partial charge >= 0.3 is 0 Å². The molecule has 1 aromatic carbocycles. The molecule has 0 atom stereocenters. The third kappa shape index (κ3) is 4.77. The molecular weight excluding hydrogens is 412 g/mol. The standard InChI is InChI=1S/C21H29ClN2O4S/c22-17-7-9-18(10-8-17)29(27,28)21(12-3-4-13-21)20(26)23-14-11-19(25)24-15-5-1-2-6-16-24/h7-10H,1-6,11-16H2,(H,23,26). The number of sulfone groups is 1. The van der Waals surface area contributed by atoms with Crippen molar-refractivity contribution in [2.45, 2.75) is 67.4 Å². The van der Waals surface area contributed by atoms with Crippen LogP contribution in [0.25, 0.3) is 0 Å². The van der Waals surface area contributed by atoms with E-state index in [0.29, 0.717) is 30.7 Å². The zero-order valence-electron chi connectivity index (χ0n) is 16.7. The number of benzene rings is 1. The maximum absolute atomic E-state index is 13.3. The second kappa shape index (κ2) is 9.47. The number of carbonyl (C=O) groups excluding carboxylic acids is 2. The van der Waals surface area contributed by atoms with Gasteiger partial charge in [0.25, 0.3) is 0 Å². The summed E-state index contributed by atoms with van der Waals surface area (Å²) in [5, 5.41) is 3.19. The molecule has 2 fully saturated rings. The van der Waals surface area contributed by atoms with E-state index in [2.05, 4.69) is 5.32 Å². The lowest BCUT2D eigenvalue weighted by Gasteiger charge is -2.28. The van der Waals surface area contributed by atoms with Crippen molar-refractivity contribution in [2.75, 3.05) is 19.6 Å². The molecule has 0 spiro atoms. The Morgan fingerprint density at radius 2 is 1.55 bits per heavy atom. The molecule has 0 aromatic heterocycles. The fraction of sp³-hybridized carbons (Fsp3) is 0.619. The predicted molar refractivity (Wildman–Crippen MR) is 113 cm³/mol. The van der Waals surface area contributed by atoms with Gasteiger partial charge in [-0.25, -0.2) is 8.42 Å². The highest BCUT2D eigenvalue weighted by Gasteiger charge is 2.52. The monoisotopic (exact) mass is 440 g/mol. The van der Waals surface area contributed by atoms with Crippen LogP contribution in [0, 0.1) is 0 Å². The van der Waals surface area contributed by atoms with Crippen LogP contribution in [0.3, 0.4) is 0 Å². The van der Waals surface area contributed by atoms with Gasteiger partial charge in [0.2, 0.25) is 11.8 Å². The number of hydrogen-bond donors (Lipinski definition) is 1. The van der Waals surface area contributed by atoms with E-state index in [1.165, 1.54) is 24.3 Å². The van der Waals surface area contributed by atoms with Gasteiger partial charge in [0, 0.05) is 31.1 Å². The van der Waals surface area contributed by atoms with Crippen molar-refractivity contribution >= 4 is 33.3 Å². The molecule has 1 aliphatic carbocycles. The van der Waals surface area contributed by atoms with Crippen molar-refractivity contribution < 1.29 is 18.0 Å². The number of nitrogens with one attached hydrogen (secondary N) is 1. The lowest BCUT2D eigenvalue weighted by Crippen LogP contribution is -2.51. The lowest BCUT2D eigenvalue weighted by molar-refractivity contribution is -0.131. The predicted octanol–water partition coefficient (Wildman–Crippen LogP) is 3.34. The van der Waals surface area contributed by atoms with E-state index < -0.39 is 20.5 Å². The Morgan fingerprint density at radius 3 is 2.14 bits per heavy atom. The molecule has 1 aromatic rings. The SMILES string of the molecule is O=C(CCNC(=O)C1(S(=O)(=O)c2ccc(Cl)cc2)CCCC1)N1CCCCCC1. The molecule has 1 saturated heterocycles. The fourth-order valence-corrected chi connectivity index (χ4v) is 6.54. The van der Waals surface area contributed by atoms with E-state index in [9.17, 15) is 18.0 Å². The van der Waals surface area contributed by atoms with Crippen LogP contribution in [0.1, 0.15) is 57.8 Å². The number of likely N-dealkylation sites (tertiary alicyclic amines) is 1. The normalized spacial score (nSPS) is 19.6. The van der Waals surface area contributed by atoms with Gasteiger partial charge in [0.05, 0.1) is 4.90 Å². The van der Waals surface area contributed by atoms with E-state index >= 15 is 0 Å². The Kier molecular flexibility index (Phi) is 7.22. The zero-order chi connectivity index (χ0) is 20.9. The van der Waals surface area contributed by atoms with Crippen LogP contribution in [0.4, 0.5) is 0 Å². The minimum atomic E-state index is -3.86. The maximum Gasteiger partial charge on any atom is 0.241 e. The molecule has 1 heterocycles. The first kappa shape index (κ1) is 22.1. The van der Waals surface area contributed by atoms with Gasteiger partial charge in [-0.3, -0.25) is 9.59 Å². The van der Waals surface area contributed by atoms with E-state index in [0.717, 1.165) is 38.8 Å². The fourth-order valence-electron chi connectivity index (χ4n) is 4.33. The third-order valence-electron chi connectivity index (χ3n) is 6.05. The summed E-state index contributed by atoms with van der Waals surface area (Å²) in [6.07, 6.45) is 6.48. The molecule has 2 aliphatic rings. The Balaban J connectivity index is 1.66. The molecule has 0 unspecified atom stereocenters. The van der Waals surface area contributed by atoms with Crippen molar-refractivity contribution in [3.8, 4) is 0 Å². The number of rotatable bonds is 6. The van der Waals surface area contributed by atoms with Crippen LogP contribution in [0.15, 0.2) is 29.2 Å². The summed E-state index contributed by atoms with van der Waals surface area (Å²) in [6, 6.07) is 5.95. The summed E-state index contributed by atoms with van der Waals surface area (Å²) in [7, 11) is -3.86. The van der Waals surface area contributed by atoms with Gasteiger partial charge in [-0.15, -0.1) is 0 Å². The number of amides is 2. The minimum Gasteiger partial charge on any atom is -0.354 e. The van der Waals surface area contributed by atoms with Crippen molar-refractivity contribution in [3.63, 3.8) is 0 Å². The summed E-state index contributed by atoms with van der Waals surface area (Å²) in [4.78, 5) is 27.4. The highest BCUT2D eigenvalue weighted by Crippen LogP contribution is 2.41. The third-order valence-corrected chi connectivity index (χ3v) is 8.81. The smallest absolute Gasteiger partial charge is 0.241 e. The Labute approximate surface area is 177 Å². The number of nitrogens with zero attached hydrogens (tertiary/aromatic N) is 1. The molecule has 2 amide bonds. The van der Waals surface area contributed by atoms with E-state index in [1.807, 2.05) is 4.90 Å². The number of carbonyl (C=O) groups is 2. The largest absolute Gasteiger partial charge is 0.354 e. The quantitative estimate of drug-likeness (QED) is 0.735. The summed E-state index contributed by atoms with van der Waals surface area (Å²) >= 11 is 5.88. The van der Waals surface area contributed by atoms with Gasteiger partial charge < -0.3 is 10.2 Å². The van der Waals surface area contributed by atoms with E-state index in [1.54, 1.807) is 0 Å². The second-order valence-corrected chi connectivity index (χ2v) is 10.7. The minimum absolute atomic E-state index is 0.0215. The first-order valence-corrected chi connectivity index (χ1v) is 12.3. The van der Waals surface area contributed by atoms with Crippen molar-refractivity contribution in [1.82, 2.24) is 10.2 Å². The van der Waals surface area contributed by atoms with Crippen molar-refractivity contribution in [1.29, 1.82) is 0 Å². The topological polar surface area (TPSA) is 83.5 Å². The summed E-state index contributed by atoms with van der Waals surface area (Å²) in [5.41, 5.74) is 0. The molecule has 6 nitrogen and oxygen atoms in total. The van der Waals surface area contributed by atoms with Crippen molar-refractivity contribution in [3.05, 3.63) is 29.3 Å². The van der Waals surface area contributed by atoms with Gasteiger partial charge in [-0.1, -0.05) is 37.3 Å². The number of halogens is 1. The first-order chi connectivity index (χ1) is 13.9. The number of hydrogen-bond acceptors (Lipinski definition) is 4. The summed E-state index contributed by atoms with van der Waals surface area (Å²) in [5.74, 6) is -0.471. The van der Waals surface area contributed by atoms with Crippen LogP contribution in [-0.2, 0) is 19.4 Å². The van der Waals surface area contributed by atoms with Crippen LogP contribution in [0.5, 0.6) is 0 Å². The highest BCUT2D eigenvalue weighted by molar-refractivity contribution is 7.93. The second-order valence-electron chi connectivity index (χ2n) is 7.96. The maximum atomic E-state index is 13.3. The Bertz CT molecular complexity index is 825. The van der Waals surface area contributed by atoms with E-state index in [4.69, 9.17) is 11.6 Å². The molecule has 8 heteroatoms. The molecule has 0 radical (unpaired) electrons. The average Bonchev–Trinajstić information content (AvgIpc) is 3.06. The highest BCUT2D eigenvalue weighted by atomic mass is 35.5. The van der Waals surface area contributed by atoms with Gasteiger partial charge in [0.1, 0.15) is 0 Å². The van der Waals surface area contributed by atoms with Crippen molar-refractivity contribution in [2.24, 2.45) is 0 Å². The molecule has 0 bridgehead atoms. The molecule has 1 N–H and O–H groups in total. The molecule has 3 rings (SSSR count). The van der Waals surface area contributed by atoms with Crippen LogP contribution in [0.2, 0.25) is 5.02 Å². The van der Waals surface area contributed by atoms with Crippen LogP contribution in [-0.4, -0.2) is 49.5 Å². The first-order valence-electron chi connectivity index (χ1n) is 10.4. The van der Waals surface area contributed by atoms with Gasteiger partial charge in [0.15, 0.2) is 14.6 Å². The van der Waals surface area contributed by atoms with Crippen LogP contribution < -0.4 is 5.32 Å². The lowest BCUT2D eigenvalue weighted by atomic mass is 10.1. The zero-order valence-corrected chi connectivity index (χ0v) is 18.2. The van der Waals surface area contributed by atoms with Gasteiger partial charge in [-0.05, 0) is 49.9 Å². The molecule has 1 aliphatic heterocycles. The van der Waals surface area contributed by atoms with Gasteiger partial charge in [-0.2, -0.15) is 0 Å². The summed E-state index contributed by atoms with van der Waals surface area (Å²) in [6.45, 7) is 1.69. The molecular formula is C21H29ClN2O4S. The van der Waals surface area contributed by atoms with E-state index in [-0.39, 0.29) is 23.8 Å². The van der Waals surface area contributed by atoms with Crippen LogP contribution >= 0.6 is 11.6 Å². The Hall–Kier alpha value is -1.60. The average molecular weight is 441 g/mol. The molecule has 29 heavy (non-hydrogen) atoms. The Morgan fingerprint density at radius 1 is 0.966 bits per heavy atom.